The summed E-state index contributed by atoms with van der Waals surface area (Å²) in [5, 5.41) is 42.8. The number of aliphatic hydroxyl groups excluding tert-OH is 2. The van der Waals surface area contributed by atoms with Crippen LogP contribution in [0.3, 0.4) is 0 Å². The zero-order chi connectivity index (χ0) is 52.6. The van der Waals surface area contributed by atoms with E-state index >= 15 is 4.39 Å². The molecule has 6 N–H and O–H groups in total. The molecule has 2 aliphatic carbocycles. The van der Waals surface area contributed by atoms with E-state index in [-0.39, 0.29) is 80.7 Å². The average Bonchev–Trinajstić information content (AvgIpc) is 3.74. The van der Waals surface area contributed by atoms with Crippen LogP contribution in [-0.2, 0) is 4.74 Å². The van der Waals surface area contributed by atoms with Crippen molar-refractivity contribution in [2.45, 2.75) is 101 Å². The number of methoxy groups -OCH3 is 3. The van der Waals surface area contributed by atoms with E-state index < -0.39 is 58.6 Å². The summed E-state index contributed by atoms with van der Waals surface area (Å²) in [7, 11) is 3.87. The summed E-state index contributed by atoms with van der Waals surface area (Å²) >= 11 is 0. The second kappa shape index (κ2) is 18.8. The van der Waals surface area contributed by atoms with Crippen LogP contribution in [-0.4, -0.2) is 93.9 Å². The van der Waals surface area contributed by atoms with Crippen LogP contribution in [0.5, 0.6) is 11.8 Å². The highest BCUT2D eigenvalue weighted by Gasteiger charge is 2.45. The highest BCUT2D eigenvalue weighted by molar-refractivity contribution is 5.93. The number of carbonyl (C=O) groups excluding carboxylic acids is 2. The molecule has 2 aromatic carbocycles. The fraction of sp³-hybridized carbons (Fsp3) is 0.358. The van der Waals surface area contributed by atoms with Gasteiger partial charge in [-0.3, -0.25) is 4.79 Å². The summed E-state index contributed by atoms with van der Waals surface area (Å²) in [6.07, 6.45) is 1.38. The van der Waals surface area contributed by atoms with Gasteiger partial charge in [0, 0.05) is 23.2 Å². The molecule has 2 atom stereocenters. The fourth-order valence-corrected chi connectivity index (χ4v) is 9.85. The van der Waals surface area contributed by atoms with Crippen LogP contribution in [0.4, 0.5) is 17.6 Å². The topological polar surface area (TPSA) is 230 Å². The SMILES string of the molecule is COC(=O)c1nc2n(c1[C@H](O)c1cc(F)cnc1OC)C1CC(C1)c1cc(F)c(C#CC(C)(C)O)cc1-2.COc1ncc(F)cc1[C@H](O)c1c(C(N)=O)nc2n1C1CC(C1)c1cc(F)c(C#CC(C)(C)O)cc1-2. The number of benzene rings is 2. The number of nitrogens with two attached hydrogens (primary N) is 1. The molecule has 1 amide bonds. The Labute approximate surface area is 415 Å². The number of amides is 1. The van der Waals surface area contributed by atoms with Crippen LogP contribution >= 0.6 is 0 Å². The van der Waals surface area contributed by atoms with Crippen molar-refractivity contribution in [1.29, 1.82) is 0 Å². The van der Waals surface area contributed by atoms with Gasteiger partial charge in [-0.2, -0.15) is 0 Å². The quantitative estimate of drug-likeness (QED) is 0.0614. The lowest BCUT2D eigenvalue weighted by Crippen LogP contribution is -2.27. The molecule has 0 radical (unpaired) electrons. The first kappa shape index (κ1) is 50.3. The van der Waals surface area contributed by atoms with Gasteiger partial charge in [0.15, 0.2) is 11.4 Å². The Morgan fingerprint density at radius 2 is 1.07 bits per heavy atom. The maximum absolute atomic E-state index is 15.0. The molecule has 6 aromatic rings. The van der Waals surface area contributed by atoms with Gasteiger partial charge >= 0.3 is 5.97 Å². The van der Waals surface area contributed by atoms with Gasteiger partial charge in [-0.1, -0.05) is 23.7 Å². The third kappa shape index (κ3) is 9.27. The lowest BCUT2D eigenvalue weighted by atomic mass is 9.75. The van der Waals surface area contributed by atoms with E-state index in [0.717, 1.165) is 24.5 Å². The Kier molecular flexibility index (Phi) is 12.9. The maximum atomic E-state index is 15.0. The van der Waals surface area contributed by atoms with Crippen molar-refractivity contribution in [3.8, 4) is 58.2 Å². The number of hydrogen-bond acceptors (Lipinski definition) is 13. The van der Waals surface area contributed by atoms with Gasteiger partial charge in [0.25, 0.3) is 5.91 Å². The first-order valence-corrected chi connectivity index (χ1v) is 23.1. The Balaban J connectivity index is 0.000000180. The van der Waals surface area contributed by atoms with Crippen LogP contribution in [0, 0.1) is 47.0 Å². The summed E-state index contributed by atoms with van der Waals surface area (Å²) in [4.78, 5) is 42.1. The lowest BCUT2D eigenvalue weighted by Gasteiger charge is -2.36. The monoisotopic (exact) mass is 1000 g/mol. The number of aromatic nitrogens is 6. The van der Waals surface area contributed by atoms with E-state index in [1.165, 1.54) is 67.2 Å². The summed E-state index contributed by atoms with van der Waals surface area (Å²) in [5.41, 5.74) is 5.55. The van der Waals surface area contributed by atoms with E-state index in [2.05, 4.69) is 43.6 Å². The standard InChI is InChI=1S/C27H25F2N3O5.C26H24F2N4O4/c1-27(2,35)6-5-13-9-18-17(11-20(13)29)14-7-16(8-14)32-22(21(26(34)37-4)31-24(18)32)23(33)19-10-15(28)12-30-25(19)36-3;1-26(2,35)5-4-12-8-17-16(10-19(12)28)13-6-15(7-13)32-21(20(23(29)34)31-24(17)32)22(33)18-9-14(27)11-30-25(18)36-3/h9-12,14,16,23,33,35H,7-8H2,1-4H3;8-11,13,15,22,33,35H,6-7H2,1-3H3,(H2,29,34)/t14?,16?,23-;13?,15?,22-/m10/s1. The number of ether oxygens (including phenoxy) is 3. The van der Waals surface area contributed by atoms with Gasteiger partial charge in [0.1, 0.15) is 58.3 Å². The summed E-state index contributed by atoms with van der Waals surface area (Å²) in [5.74, 6) is 7.22. The highest BCUT2D eigenvalue weighted by atomic mass is 19.1. The van der Waals surface area contributed by atoms with Crippen molar-refractivity contribution in [2.75, 3.05) is 21.3 Å². The van der Waals surface area contributed by atoms with Crippen molar-refractivity contribution in [2.24, 2.45) is 5.73 Å². The predicted molar refractivity (Wildman–Crippen MR) is 253 cm³/mol. The number of esters is 1. The molecule has 16 nitrogen and oxygen atoms in total. The molecular weight excluding hydrogens is 955 g/mol. The number of pyridine rings is 2. The number of nitrogens with zero attached hydrogens (tertiary/aromatic N) is 6. The van der Waals surface area contributed by atoms with E-state index in [1.807, 2.05) is 0 Å². The molecule has 2 saturated carbocycles. The van der Waals surface area contributed by atoms with E-state index in [4.69, 9.17) is 19.9 Å². The number of rotatable bonds is 8. The lowest BCUT2D eigenvalue weighted by molar-refractivity contribution is 0.0586. The van der Waals surface area contributed by atoms with Gasteiger partial charge < -0.3 is 49.5 Å². The molecule has 8 heterocycles. The number of halogens is 4. The first-order chi connectivity index (χ1) is 34.5. The number of primary amides is 1. The van der Waals surface area contributed by atoms with E-state index in [1.54, 1.807) is 15.2 Å². The molecule has 12 rings (SSSR count). The number of carbonyl (C=O) groups is 2. The van der Waals surface area contributed by atoms with Crippen molar-refractivity contribution in [3.63, 3.8) is 0 Å². The van der Waals surface area contributed by atoms with Gasteiger partial charge in [-0.25, -0.2) is 42.3 Å². The molecule has 0 unspecified atom stereocenters. The highest BCUT2D eigenvalue weighted by Crippen LogP contribution is 2.56. The second-order valence-corrected chi connectivity index (χ2v) is 19.3. The summed E-state index contributed by atoms with van der Waals surface area (Å²) in [6.45, 7) is 5.97. The zero-order valence-corrected chi connectivity index (χ0v) is 40.5. The smallest absolute Gasteiger partial charge is 0.358 e. The zero-order valence-electron chi connectivity index (χ0n) is 40.5. The molecule has 20 heteroatoms. The molecule has 6 aliphatic rings. The van der Waals surface area contributed by atoms with E-state index in [0.29, 0.717) is 59.6 Å². The molecule has 0 saturated heterocycles. The Morgan fingerprint density at radius 3 is 1.44 bits per heavy atom. The van der Waals surface area contributed by atoms with Crippen molar-refractivity contribution in [3.05, 3.63) is 128 Å². The molecule has 378 valence electrons. The molecule has 4 bridgehead atoms. The minimum absolute atomic E-state index is 0.00739. The second-order valence-electron chi connectivity index (χ2n) is 19.3. The molecule has 73 heavy (non-hydrogen) atoms. The van der Waals surface area contributed by atoms with Crippen LogP contribution < -0.4 is 15.2 Å². The normalized spacial score (nSPS) is 18.5. The van der Waals surface area contributed by atoms with E-state index in [9.17, 15) is 43.2 Å². The van der Waals surface area contributed by atoms with Crippen molar-refractivity contribution < 1.29 is 61.8 Å². The number of hydrogen-bond donors (Lipinski definition) is 5. The van der Waals surface area contributed by atoms with Crippen LogP contribution in [0.1, 0.15) is 155 Å². The largest absolute Gasteiger partial charge is 0.481 e. The minimum Gasteiger partial charge on any atom is -0.481 e. The van der Waals surface area contributed by atoms with Crippen LogP contribution in [0.2, 0.25) is 0 Å². The maximum Gasteiger partial charge on any atom is 0.358 e. The number of imidazole rings is 2. The first-order valence-electron chi connectivity index (χ1n) is 23.1. The molecule has 4 aromatic heterocycles. The third-order valence-electron chi connectivity index (χ3n) is 13.3. The fourth-order valence-electron chi connectivity index (χ4n) is 9.85. The molecule has 4 aliphatic heterocycles. The average molecular weight is 1000 g/mol. The molecular formula is C53H49F4N7O9. The third-order valence-corrected chi connectivity index (χ3v) is 13.3. The molecule has 0 spiro atoms. The predicted octanol–water partition coefficient (Wildman–Crippen LogP) is 6.62. The summed E-state index contributed by atoms with van der Waals surface area (Å²) < 4.78 is 77.0. The van der Waals surface area contributed by atoms with Crippen LogP contribution in [0.15, 0.2) is 48.8 Å². The van der Waals surface area contributed by atoms with Gasteiger partial charge in [0.05, 0.1) is 67.4 Å². The van der Waals surface area contributed by atoms with Crippen LogP contribution in [0.25, 0.3) is 22.8 Å². The molecule has 2 fully saturated rings. The van der Waals surface area contributed by atoms with Gasteiger partial charge in [-0.15, -0.1) is 0 Å². The van der Waals surface area contributed by atoms with Gasteiger partial charge in [0.2, 0.25) is 11.8 Å². The van der Waals surface area contributed by atoms with Crippen molar-refractivity contribution in [1.82, 2.24) is 29.1 Å². The van der Waals surface area contributed by atoms with Crippen molar-refractivity contribution >= 4 is 11.9 Å². The Hall–Kier alpha value is -7.62. The minimum atomic E-state index is -1.53. The summed E-state index contributed by atoms with van der Waals surface area (Å²) in [6, 6.07) is 7.78. The Bertz CT molecular complexity index is 3380. The number of aliphatic hydroxyl groups is 4. The Morgan fingerprint density at radius 1 is 0.671 bits per heavy atom. The van der Waals surface area contributed by atoms with Gasteiger partial charge in [-0.05, 0) is 113 Å².